The number of hydrogen-bond donors (Lipinski definition) is 1. The summed E-state index contributed by atoms with van der Waals surface area (Å²) >= 11 is 0. The molecule has 3 aromatic rings. The highest BCUT2D eigenvalue weighted by atomic mass is 19.1. The Balaban J connectivity index is 1.54. The first-order valence-electron chi connectivity index (χ1n) is 12.9. The Hall–Kier alpha value is -4.34. The normalized spacial score (nSPS) is 17.0. The number of benzene rings is 2. The van der Waals surface area contributed by atoms with Crippen LogP contribution in [0.4, 0.5) is 8.78 Å². The Kier molecular flexibility index (Phi) is 8.77. The molecule has 1 aliphatic rings. The van der Waals surface area contributed by atoms with E-state index in [4.69, 9.17) is 14.2 Å². The molecule has 0 spiro atoms. The topological polar surface area (TPSA) is 104 Å². The largest absolute Gasteiger partial charge is 0.493 e. The van der Waals surface area contributed by atoms with Crippen LogP contribution in [0.25, 0.3) is 0 Å². The van der Waals surface area contributed by atoms with Gasteiger partial charge in [-0.1, -0.05) is 32.0 Å². The lowest BCUT2D eigenvalue weighted by atomic mass is 9.77. The Labute approximate surface area is 230 Å². The number of ether oxygens (including phenoxy) is 3. The lowest BCUT2D eigenvalue weighted by molar-refractivity contribution is -0.152. The number of pyridine rings is 1. The van der Waals surface area contributed by atoms with E-state index >= 15 is 0 Å². The number of carbonyl (C=O) groups is 3. The van der Waals surface area contributed by atoms with Gasteiger partial charge in [-0.3, -0.25) is 9.59 Å². The van der Waals surface area contributed by atoms with E-state index in [2.05, 4.69) is 10.3 Å². The third-order valence-electron chi connectivity index (χ3n) is 6.69. The van der Waals surface area contributed by atoms with Gasteiger partial charge in [-0.05, 0) is 60.7 Å². The van der Waals surface area contributed by atoms with Crippen molar-refractivity contribution in [3.05, 3.63) is 88.7 Å². The predicted octanol–water partition coefficient (Wildman–Crippen LogP) is 4.74. The van der Waals surface area contributed by atoms with Crippen molar-refractivity contribution in [1.29, 1.82) is 0 Å². The molecule has 4 rings (SSSR count). The van der Waals surface area contributed by atoms with Crippen LogP contribution in [0.15, 0.2) is 54.7 Å². The molecule has 3 atom stereocenters. The van der Waals surface area contributed by atoms with Crippen molar-refractivity contribution < 1.29 is 37.4 Å². The summed E-state index contributed by atoms with van der Waals surface area (Å²) in [6.07, 6.45) is 1.55. The van der Waals surface area contributed by atoms with Crippen LogP contribution in [0.1, 0.15) is 60.3 Å². The summed E-state index contributed by atoms with van der Waals surface area (Å²) in [7, 11) is 1.36. The van der Waals surface area contributed by atoms with Crippen molar-refractivity contribution in [1.82, 2.24) is 10.3 Å². The standard InChI is InChI=1S/C30H30F2N2O6/c1-16(2)29(36)40-27-24(38-4)13-14-33-26(27)28(35)34-17(3)30(37)39-23-12-7-19-15-21(32)10-11-22(19)25(23)18-5-8-20(31)9-6-18/h5-6,8-11,13-17,23,25H,7,12H2,1-4H3,(H,34,35)/t17-,23-,25-/m0/s1. The average Bonchev–Trinajstić information content (AvgIpc) is 2.93. The van der Waals surface area contributed by atoms with Gasteiger partial charge in [-0.2, -0.15) is 0 Å². The second-order valence-electron chi connectivity index (χ2n) is 9.85. The van der Waals surface area contributed by atoms with Crippen molar-refractivity contribution in [2.24, 2.45) is 5.92 Å². The maximum absolute atomic E-state index is 13.9. The number of esters is 2. The molecule has 10 heteroatoms. The van der Waals surface area contributed by atoms with Crippen LogP contribution in [-0.2, 0) is 20.7 Å². The molecule has 1 aromatic heterocycles. The number of halogens is 2. The highest BCUT2D eigenvalue weighted by molar-refractivity contribution is 5.98. The number of aromatic nitrogens is 1. The third-order valence-corrected chi connectivity index (χ3v) is 6.69. The third kappa shape index (κ3) is 6.27. The zero-order chi connectivity index (χ0) is 29.0. The summed E-state index contributed by atoms with van der Waals surface area (Å²) in [6, 6.07) is 10.7. The summed E-state index contributed by atoms with van der Waals surface area (Å²) in [5.41, 5.74) is 2.05. The van der Waals surface area contributed by atoms with Gasteiger partial charge < -0.3 is 19.5 Å². The van der Waals surface area contributed by atoms with E-state index in [9.17, 15) is 23.2 Å². The number of methoxy groups -OCH3 is 1. The first-order chi connectivity index (χ1) is 19.1. The minimum Gasteiger partial charge on any atom is -0.493 e. The zero-order valence-corrected chi connectivity index (χ0v) is 22.6. The van der Waals surface area contributed by atoms with Gasteiger partial charge in [0.05, 0.1) is 13.0 Å². The van der Waals surface area contributed by atoms with Crippen LogP contribution in [0.3, 0.4) is 0 Å². The molecule has 0 aliphatic heterocycles. The Morgan fingerprint density at radius 3 is 2.35 bits per heavy atom. The molecule has 1 aliphatic carbocycles. The fourth-order valence-electron chi connectivity index (χ4n) is 4.60. The average molecular weight is 553 g/mol. The molecule has 0 saturated carbocycles. The summed E-state index contributed by atoms with van der Waals surface area (Å²) < 4.78 is 44.0. The Morgan fingerprint density at radius 2 is 1.68 bits per heavy atom. The van der Waals surface area contributed by atoms with Gasteiger partial charge >= 0.3 is 11.9 Å². The molecule has 210 valence electrons. The molecule has 2 aromatic carbocycles. The number of hydrogen-bond acceptors (Lipinski definition) is 7. The van der Waals surface area contributed by atoms with Gasteiger partial charge in [-0.25, -0.2) is 18.6 Å². The SMILES string of the molecule is COc1ccnc(C(=O)N[C@@H](C)C(=O)O[C@H]2CCc3cc(F)ccc3[C@@H]2c2ccc(F)cc2)c1OC(=O)C(C)C. The van der Waals surface area contributed by atoms with E-state index in [1.165, 1.54) is 50.6 Å². The molecular formula is C30H30F2N2O6. The number of amides is 1. The number of carbonyl (C=O) groups excluding carboxylic acids is 3. The second-order valence-corrected chi connectivity index (χ2v) is 9.85. The minimum absolute atomic E-state index is 0.129. The molecule has 1 heterocycles. The van der Waals surface area contributed by atoms with E-state index < -0.39 is 47.6 Å². The molecule has 0 saturated heterocycles. The Morgan fingerprint density at radius 1 is 0.975 bits per heavy atom. The molecular weight excluding hydrogens is 522 g/mol. The quantitative estimate of drug-likeness (QED) is 0.403. The number of aryl methyl sites for hydroxylation is 1. The molecule has 0 unspecified atom stereocenters. The second kappa shape index (κ2) is 12.2. The minimum atomic E-state index is -1.10. The summed E-state index contributed by atoms with van der Waals surface area (Å²) in [5, 5.41) is 2.55. The van der Waals surface area contributed by atoms with Gasteiger partial charge in [-0.15, -0.1) is 0 Å². The van der Waals surface area contributed by atoms with Crippen LogP contribution in [0, 0.1) is 17.6 Å². The van der Waals surface area contributed by atoms with Gasteiger partial charge in [0.25, 0.3) is 5.91 Å². The van der Waals surface area contributed by atoms with Crippen molar-refractivity contribution >= 4 is 17.8 Å². The van der Waals surface area contributed by atoms with Crippen LogP contribution in [0.2, 0.25) is 0 Å². The van der Waals surface area contributed by atoms with E-state index in [1.807, 2.05) is 0 Å². The van der Waals surface area contributed by atoms with E-state index in [1.54, 1.807) is 32.0 Å². The summed E-state index contributed by atoms with van der Waals surface area (Å²) in [6.45, 7) is 4.74. The van der Waals surface area contributed by atoms with Gasteiger partial charge in [0, 0.05) is 18.2 Å². The van der Waals surface area contributed by atoms with Gasteiger partial charge in [0.1, 0.15) is 23.8 Å². The van der Waals surface area contributed by atoms with Crippen molar-refractivity contribution in [2.75, 3.05) is 7.11 Å². The monoisotopic (exact) mass is 552 g/mol. The lowest BCUT2D eigenvalue weighted by Gasteiger charge is -2.34. The smallest absolute Gasteiger partial charge is 0.328 e. The fourth-order valence-corrected chi connectivity index (χ4v) is 4.60. The van der Waals surface area contributed by atoms with Crippen molar-refractivity contribution in [2.45, 2.75) is 51.7 Å². The summed E-state index contributed by atoms with van der Waals surface area (Å²) in [4.78, 5) is 42.5. The molecule has 1 N–H and O–H groups in total. The van der Waals surface area contributed by atoms with Crippen molar-refractivity contribution in [3.8, 4) is 11.5 Å². The van der Waals surface area contributed by atoms with E-state index in [0.717, 1.165) is 11.1 Å². The van der Waals surface area contributed by atoms with Crippen LogP contribution < -0.4 is 14.8 Å². The first-order valence-corrected chi connectivity index (χ1v) is 12.9. The van der Waals surface area contributed by atoms with E-state index in [-0.39, 0.29) is 23.0 Å². The molecule has 0 radical (unpaired) electrons. The maximum Gasteiger partial charge on any atom is 0.328 e. The predicted molar refractivity (Wildman–Crippen MR) is 141 cm³/mol. The molecule has 1 amide bonds. The maximum atomic E-state index is 13.9. The Bertz CT molecular complexity index is 1410. The van der Waals surface area contributed by atoms with Crippen LogP contribution in [0.5, 0.6) is 11.5 Å². The first kappa shape index (κ1) is 28.7. The van der Waals surface area contributed by atoms with Crippen LogP contribution >= 0.6 is 0 Å². The molecule has 40 heavy (non-hydrogen) atoms. The van der Waals surface area contributed by atoms with E-state index in [0.29, 0.717) is 18.4 Å². The number of rotatable bonds is 8. The zero-order valence-electron chi connectivity index (χ0n) is 22.6. The fraction of sp³-hybridized carbons (Fsp3) is 0.333. The lowest BCUT2D eigenvalue weighted by Crippen LogP contribution is -2.43. The number of nitrogens with zero attached hydrogens (tertiary/aromatic N) is 1. The molecule has 0 bridgehead atoms. The molecule has 0 fully saturated rings. The highest BCUT2D eigenvalue weighted by Gasteiger charge is 2.35. The number of fused-ring (bicyclic) bond motifs is 1. The number of nitrogens with one attached hydrogen (secondary N) is 1. The molecule has 8 nitrogen and oxygen atoms in total. The van der Waals surface area contributed by atoms with Gasteiger partial charge in [0.15, 0.2) is 11.4 Å². The van der Waals surface area contributed by atoms with Gasteiger partial charge in [0.2, 0.25) is 5.75 Å². The summed E-state index contributed by atoms with van der Waals surface area (Å²) in [5.74, 6) is -3.80. The van der Waals surface area contributed by atoms with Crippen LogP contribution in [-0.4, -0.2) is 42.1 Å². The highest BCUT2D eigenvalue weighted by Crippen LogP contribution is 2.39. The van der Waals surface area contributed by atoms with Crippen molar-refractivity contribution in [3.63, 3.8) is 0 Å².